The fourth-order valence-electron chi connectivity index (χ4n) is 4.22. The smallest absolute Gasteiger partial charge is 0.224 e. The molecule has 0 aliphatic carbocycles. The summed E-state index contributed by atoms with van der Waals surface area (Å²) in [5.74, 6) is -0.162. The minimum Gasteiger partial charge on any atom is -0.508 e. The molecule has 7 heteroatoms. The summed E-state index contributed by atoms with van der Waals surface area (Å²) in [7, 11) is 4.06. The van der Waals surface area contributed by atoms with Crippen molar-refractivity contribution < 1.29 is 20.1 Å². The molecule has 1 atom stereocenters. The molecule has 1 unspecified atom stereocenters. The molecule has 188 valence electrons. The highest BCUT2D eigenvalue weighted by atomic mass is 16.3. The van der Waals surface area contributed by atoms with E-state index in [1.54, 1.807) is 0 Å². The summed E-state index contributed by atoms with van der Waals surface area (Å²) in [5, 5.41) is 36.2. The van der Waals surface area contributed by atoms with Gasteiger partial charge in [0.2, 0.25) is 5.91 Å². The zero-order valence-electron chi connectivity index (χ0n) is 21.4. The number of phenolic OH excluding ortho intramolecular Hbond substituents is 2. The monoisotopic (exact) mass is 471 g/mol. The maximum atomic E-state index is 12.5. The van der Waals surface area contributed by atoms with Gasteiger partial charge in [0, 0.05) is 31.2 Å². The molecule has 2 aromatic carbocycles. The lowest BCUT2D eigenvalue weighted by molar-refractivity contribution is -0.120. The Hall–Kier alpha value is -2.61. The number of carbonyl (C=O) groups is 1. The summed E-state index contributed by atoms with van der Waals surface area (Å²) in [5.41, 5.74) is 2.18. The van der Waals surface area contributed by atoms with Crippen LogP contribution in [-0.4, -0.2) is 65.4 Å². The number of carbonyl (C=O) groups excluding carboxylic acids is 1. The van der Waals surface area contributed by atoms with Gasteiger partial charge < -0.3 is 30.9 Å². The summed E-state index contributed by atoms with van der Waals surface area (Å²) in [6.07, 6.45) is 0.166. The van der Waals surface area contributed by atoms with E-state index in [0.717, 1.165) is 17.7 Å². The van der Waals surface area contributed by atoms with Crippen LogP contribution in [0.5, 0.6) is 11.5 Å². The van der Waals surface area contributed by atoms with Gasteiger partial charge in [0.05, 0.1) is 12.5 Å². The van der Waals surface area contributed by atoms with Crippen LogP contribution in [-0.2, 0) is 17.6 Å². The van der Waals surface area contributed by atoms with Gasteiger partial charge in [0.15, 0.2) is 0 Å². The van der Waals surface area contributed by atoms with Gasteiger partial charge >= 0.3 is 0 Å². The van der Waals surface area contributed by atoms with Crippen LogP contribution in [0.4, 0.5) is 0 Å². The number of hydrogen-bond donors (Lipinski definition) is 5. The van der Waals surface area contributed by atoms with E-state index in [1.165, 1.54) is 18.2 Å². The van der Waals surface area contributed by atoms with Gasteiger partial charge in [0.1, 0.15) is 11.5 Å². The zero-order chi connectivity index (χ0) is 25.5. The van der Waals surface area contributed by atoms with E-state index in [4.69, 9.17) is 0 Å². The lowest BCUT2D eigenvalue weighted by Gasteiger charge is -2.29. The molecule has 2 rings (SSSR count). The van der Waals surface area contributed by atoms with Crippen molar-refractivity contribution in [1.82, 2.24) is 15.5 Å². The second kappa shape index (κ2) is 11.7. The standard InChI is InChI=1S/C27H41N3O4/c1-26(2,18-30(5)6)17-28-25(34)11-19-8-7-9-20(10-19)15-27(3,4)29-16-24(33)21-12-22(31)14-23(32)13-21/h7-10,12-14,24,29,31-33H,11,15-18H2,1-6H3,(H,28,34). The van der Waals surface area contributed by atoms with Crippen LogP contribution in [0.25, 0.3) is 0 Å². The topological polar surface area (TPSA) is 105 Å². The van der Waals surface area contributed by atoms with Crippen LogP contribution in [0.3, 0.4) is 0 Å². The maximum Gasteiger partial charge on any atom is 0.224 e. The van der Waals surface area contributed by atoms with Gasteiger partial charge in [-0.25, -0.2) is 0 Å². The number of benzene rings is 2. The molecule has 0 aliphatic rings. The zero-order valence-corrected chi connectivity index (χ0v) is 21.4. The van der Waals surface area contributed by atoms with E-state index in [9.17, 15) is 20.1 Å². The normalized spacial score (nSPS) is 13.2. The lowest BCUT2D eigenvalue weighted by atomic mass is 9.92. The van der Waals surface area contributed by atoms with Crippen LogP contribution in [0.1, 0.15) is 50.5 Å². The molecule has 0 spiro atoms. The Morgan fingerprint density at radius 1 is 1.00 bits per heavy atom. The van der Waals surface area contributed by atoms with E-state index < -0.39 is 6.10 Å². The third-order valence-corrected chi connectivity index (χ3v) is 5.59. The van der Waals surface area contributed by atoms with Crippen molar-refractivity contribution in [1.29, 1.82) is 0 Å². The van der Waals surface area contributed by atoms with Crippen molar-refractivity contribution in [2.45, 2.75) is 52.2 Å². The Balaban J connectivity index is 1.91. The molecule has 0 radical (unpaired) electrons. The fraction of sp³-hybridized carbons (Fsp3) is 0.519. The third-order valence-electron chi connectivity index (χ3n) is 5.59. The van der Waals surface area contributed by atoms with Crippen LogP contribution >= 0.6 is 0 Å². The lowest BCUT2D eigenvalue weighted by Crippen LogP contribution is -2.43. The van der Waals surface area contributed by atoms with Gasteiger partial charge in [-0.2, -0.15) is 0 Å². The summed E-state index contributed by atoms with van der Waals surface area (Å²) in [4.78, 5) is 14.6. The third kappa shape index (κ3) is 9.71. The minimum absolute atomic E-state index is 0.00148. The molecule has 7 nitrogen and oxygen atoms in total. The van der Waals surface area contributed by atoms with Gasteiger partial charge in [-0.1, -0.05) is 38.1 Å². The Bertz CT molecular complexity index is 936. The number of nitrogens with one attached hydrogen (secondary N) is 2. The summed E-state index contributed by atoms with van der Waals surface area (Å²) in [6.45, 7) is 10.2. The quantitative estimate of drug-likeness (QED) is 0.326. The first kappa shape index (κ1) is 27.6. The predicted molar refractivity (Wildman–Crippen MR) is 136 cm³/mol. The summed E-state index contributed by atoms with van der Waals surface area (Å²) < 4.78 is 0. The molecule has 0 bridgehead atoms. The number of aromatic hydroxyl groups is 2. The molecule has 34 heavy (non-hydrogen) atoms. The fourth-order valence-corrected chi connectivity index (χ4v) is 4.22. The van der Waals surface area contributed by atoms with Crippen molar-refractivity contribution >= 4 is 5.91 Å². The highest BCUT2D eigenvalue weighted by Crippen LogP contribution is 2.25. The molecule has 0 aliphatic heterocycles. The largest absolute Gasteiger partial charge is 0.508 e. The Labute approximate surface area is 203 Å². The Morgan fingerprint density at radius 2 is 1.62 bits per heavy atom. The first-order valence-electron chi connectivity index (χ1n) is 11.7. The van der Waals surface area contributed by atoms with Crippen LogP contribution in [0, 0.1) is 5.41 Å². The number of aliphatic hydroxyl groups is 1. The molecule has 0 saturated heterocycles. The van der Waals surface area contributed by atoms with E-state index in [-0.39, 0.29) is 34.9 Å². The minimum atomic E-state index is -0.871. The van der Waals surface area contributed by atoms with Crippen molar-refractivity contribution in [2.75, 3.05) is 33.7 Å². The number of rotatable bonds is 12. The molecule has 2 aromatic rings. The van der Waals surface area contributed by atoms with E-state index in [1.807, 2.05) is 46.1 Å². The molecule has 1 amide bonds. The highest BCUT2D eigenvalue weighted by molar-refractivity contribution is 5.78. The van der Waals surface area contributed by atoms with E-state index in [2.05, 4.69) is 35.4 Å². The van der Waals surface area contributed by atoms with Crippen molar-refractivity contribution in [3.8, 4) is 11.5 Å². The number of aliphatic hydroxyl groups excluding tert-OH is 1. The number of nitrogens with zero attached hydrogens (tertiary/aromatic N) is 1. The average molecular weight is 472 g/mol. The Morgan fingerprint density at radius 3 is 2.24 bits per heavy atom. The molecule has 0 fully saturated rings. The number of amides is 1. The van der Waals surface area contributed by atoms with E-state index >= 15 is 0 Å². The van der Waals surface area contributed by atoms with Crippen molar-refractivity contribution in [2.24, 2.45) is 5.41 Å². The second-order valence-corrected chi connectivity index (χ2v) is 10.9. The van der Waals surface area contributed by atoms with Crippen LogP contribution < -0.4 is 10.6 Å². The number of hydrogen-bond acceptors (Lipinski definition) is 6. The first-order chi connectivity index (χ1) is 15.7. The SMILES string of the molecule is CN(C)CC(C)(C)CNC(=O)Cc1cccc(CC(C)(C)NCC(O)c2cc(O)cc(O)c2)c1. The first-order valence-corrected chi connectivity index (χ1v) is 11.7. The summed E-state index contributed by atoms with van der Waals surface area (Å²) >= 11 is 0. The average Bonchev–Trinajstić information content (AvgIpc) is 2.69. The van der Waals surface area contributed by atoms with Crippen molar-refractivity contribution in [3.05, 3.63) is 59.2 Å². The van der Waals surface area contributed by atoms with Gasteiger partial charge in [0.25, 0.3) is 0 Å². The molecular formula is C27H41N3O4. The second-order valence-electron chi connectivity index (χ2n) is 10.9. The van der Waals surface area contributed by atoms with Crippen LogP contribution in [0.2, 0.25) is 0 Å². The molecule has 0 saturated carbocycles. The molecular weight excluding hydrogens is 430 g/mol. The van der Waals surface area contributed by atoms with Gasteiger partial charge in [-0.3, -0.25) is 4.79 Å². The van der Waals surface area contributed by atoms with Crippen LogP contribution in [0.15, 0.2) is 42.5 Å². The molecule has 0 aromatic heterocycles. The van der Waals surface area contributed by atoms with Crippen molar-refractivity contribution in [3.63, 3.8) is 0 Å². The number of β-amino-alcohol motifs (C(OH)–C–C–N with tert-alkyl or cyclic N) is 1. The highest BCUT2D eigenvalue weighted by Gasteiger charge is 2.22. The molecule has 5 N–H and O–H groups in total. The van der Waals surface area contributed by atoms with E-state index in [0.29, 0.717) is 24.9 Å². The Kier molecular flexibility index (Phi) is 9.50. The van der Waals surface area contributed by atoms with Gasteiger partial charge in [-0.05, 0) is 68.6 Å². The maximum absolute atomic E-state index is 12.5. The predicted octanol–water partition coefficient (Wildman–Crippen LogP) is 2.99. The molecule has 0 heterocycles. The van der Waals surface area contributed by atoms with Gasteiger partial charge in [-0.15, -0.1) is 0 Å². The number of phenols is 2. The summed E-state index contributed by atoms with van der Waals surface area (Å²) in [6, 6.07) is 12.1.